The maximum absolute atomic E-state index is 12.5. The molecule has 2 unspecified atom stereocenters. The van der Waals surface area contributed by atoms with E-state index < -0.39 is 24.5 Å². The number of alkyl halides is 3. The van der Waals surface area contributed by atoms with Crippen LogP contribution in [0, 0.1) is 11.8 Å². The zero-order valence-electron chi connectivity index (χ0n) is 8.97. The van der Waals surface area contributed by atoms with Crippen molar-refractivity contribution in [1.29, 1.82) is 0 Å². The Bertz CT molecular complexity index is 201. The van der Waals surface area contributed by atoms with Gasteiger partial charge >= 0.3 is 12.1 Å². The Morgan fingerprint density at radius 3 is 2.27 bits per heavy atom. The van der Waals surface area contributed by atoms with Crippen molar-refractivity contribution in [1.82, 2.24) is 0 Å². The smallest absolute Gasteiger partial charge is 0.391 e. The maximum atomic E-state index is 12.5. The van der Waals surface area contributed by atoms with Gasteiger partial charge in [-0.2, -0.15) is 13.2 Å². The predicted molar refractivity (Wildman–Crippen MR) is 50.5 cm³/mol. The normalized spacial score (nSPS) is 16.1. The molecular formula is C10H17F3O2. The molecule has 2 atom stereocenters. The minimum Gasteiger partial charge on any atom is -0.481 e. The van der Waals surface area contributed by atoms with Crippen molar-refractivity contribution in [2.24, 2.45) is 11.8 Å². The fourth-order valence-corrected chi connectivity index (χ4v) is 1.37. The third-order valence-electron chi connectivity index (χ3n) is 2.55. The van der Waals surface area contributed by atoms with Crippen LogP contribution in [0.1, 0.15) is 39.5 Å². The average Bonchev–Trinajstić information content (AvgIpc) is 2.09. The Hall–Kier alpha value is -0.740. The van der Waals surface area contributed by atoms with Gasteiger partial charge in [0, 0.05) is 6.42 Å². The van der Waals surface area contributed by atoms with Gasteiger partial charge in [-0.1, -0.05) is 20.3 Å². The van der Waals surface area contributed by atoms with Gasteiger partial charge in [0.2, 0.25) is 0 Å². The lowest BCUT2D eigenvalue weighted by molar-refractivity contribution is -0.181. The van der Waals surface area contributed by atoms with Gasteiger partial charge in [-0.25, -0.2) is 0 Å². The number of carbonyl (C=O) groups is 1. The molecule has 0 aromatic heterocycles. The molecule has 0 aliphatic carbocycles. The molecule has 5 heteroatoms. The number of carboxylic acid groups (broad SMARTS) is 1. The van der Waals surface area contributed by atoms with Gasteiger partial charge < -0.3 is 5.11 Å². The molecule has 0 spiro atoms. The SMILES string of the molecule is CCC(C)CC(CCC(=O)O)C(F)(F)F. The van der Waals surface area contributed by atoms with Crippen LogP contribution in [0.3, 0.4) is 0 Å². The zero-order chi connectivity index (χ0) is 12.1. The van der Waals surface area contributed by atoms with Gasteiger partial charge in [-0.05, 0) is 18.8 Å². The second-order valence-corrected chi connectivity index (χ2v) is 3.92. The molecule has 0 fully saturated rings. The van der Waals surface area contributed by atoms with Crippen molar-refractivity contribution in [2.75, 3.05) is 0 Å². The summed E-state index contributed by atoms with van der Waals surface area (Å²) in [5.74, 6) is -2.68. The highest BCUT2D eigenvalue weighted by Crippen LogP contribution is 2.35. The summed E-state index contributed by atoms with van der Waals surface area (Å²) >= 11 is 0. The molecule has 0 radical (unpaired) electrons. The standard InChI is InChI=1S/C10H17F3O2/c1-3-7(2)6-8(10(11,12)13)4-5-9(14)15/h7-8H,3-6H2,1-2H3,(H,14,15). The van der Waals surface area contributed by atoms with E-state index in [1.165, 1.54) is 0 Å². The Morgan fingerprint density at radius 2 is 1.93 bits per heavy atom. The second kappa shape index (κ2) is 5.98. The highest BCUT2D eigenvalue weighted by Gasteiger charge is 2.39. The van der Waals surface area contributed by atoms with E-state index in [-0.39, 0.29) is 18.8 Å². The molecule has 0 bridgehead atoms. The van der Waals surface area contributed by atoms with Crippen LogP contribution in [0.2, 0.25) is 0 Å². The summed E-state index contributed by atoms with van der Waals surface area (Å²) in [7, 11) is 0. The molecule has 0 aromatic carbocycles. The van der Waals surface area contributed by atoms with Crippen LogP contribution in [0.25, 0.3) is 0 Å². The Labute approximate surface area is 87.5 Å². The molecule has 0 saturated heterocycles. The number of aliphatic carboxylic acids is 1. The van der Waals surface area contributed by atoms with E-state index >= 15 is 0 Å². The van der Waals surface area contributed by atoms with Crippen molar-refractivity contribution in [3.05, 3.63) is 0 Å². The predicted octanol–water partition coefficient (Wildman–Crippen LogP) is 3.47. The third-order valence-corrected chi connectivity index (χ3v) is 2.55. The number of hydrogen-bond acceptors (Lipinski definition) is 1. The molecule has 0 amide bonds. The third kappa shape index (κ3) is 6.36. The van der Waals surface area contributed by atoms with Gasteiger partial charge in [-0.15, -0.1) is 0 Å². The van der Waals surface area contributed by atoms with E-state index in [1.54, 1.807) is 6.92 Å². The van der Waals surface area contributed by atoms with E-state index in [1.807, 2.05) is 6.92 Å². The lowest BCUT2D eigenvalue weighted by Gasteiger charge is -2.22. The van der Waals surface area contributed by atoms with Crippen LogP contribution >= 0.6 is 0 Å². The lowest BCUT2D eigenvalue weighted by atomic mass is 9.90. The minimum absolute atomic E-state index is 0.0211. The van der Waals surface area contributed by atoms with Crippen LogP contribution in [0.4, 0.5) is 13.2 Å². The highest BCUT2D eigenvalue weighted by atomic mass is 19.4. The summed E-state index contributed by atoms with van der Waals surface area (Å²) in [5.41, 5.74) is 0. The van der Waals surface area contributed by atoms with Crippen LogP contribution in [-0.4, -0.2) is 17.3 Å². The first-order chi connectivity index (χ1) is 6.77. The molecule has 0 rings (SSSR count). The quantitative estimate of drug-likeness (QED) is 0.753. The van der Waals surface area contributed by atoms with Gasteiger partial charge in [0.05, 0.1) is 5.92 Å². The maximum Gasteiger partial charge on any atom is 0.391 e. The molecule has 0 heterocycles. The van der Waals surface area contributed by atoms with E-state index in [2.05, 4.69) is 0 Å². The topological polar surface area (TPSA) is 37.3 Å². The molecule has 1 N–H and O–H groups in total. The molecule has 0 aliphatic rings. The van der Waals surface area contributed by atoms with Gasteiger partial charge in [0.15, 0.2) is 0 Å². The van der Waals surface area contributed by atoms with Crippen LogP contribution < -0.4 is 0 Å². The molecule has 0 aromatic rings. The van der Waals surface area contributed by atoms with Crippen molar-refractivity contribution in [3.63, 3.8) is 0 Å². The Kier molecular flexibility index (Phi) is 5.68. The van der Waals surface area contributed by atoms with Crippen molar-refractivity contribution >= 4 is 5.97 Å². The van der Waals surface area contributed by atoms with E-state index in [0.29, 0.717) is 6.42 Å². The largest absolute Gasteiger partial charge is 0.481 e. The van der Waals surface area contributed by atoms with Crippen molar-refractivity contribution in [2.45, 2.75) is 45.7 Å². The monoisotopic (exact) mass is 226 g/mol. The van der Waals surface area contributed by atoms with E-state index in [4.69, 9.17) is 5.11 Å². The van der Waals surface area contributed by atoms with E-state index in [0.717, 1.165) is 0 Å². The average molecular weight is 226 g/mol. The van der Waals surface area contributed by atoms with Crippen LogP contribution in [-0.2, 0) is 4.79 Å². The second-order valence-electron chi connectivity index (χ2n) is 3.92. The van der Waals surface area contributed by atoms with Crippen LogP contribution in [0.15, 0.2) is 0 Å². The molecule has 0 aliphatic heterocycles. The summed E-state index contributed by atoms with van der Waals surface area (Å²) in [4.78, 5) is 10.2. The minimum atomic E-state index is -4.28. The fourth-order valence-electron chi connectivity index (χ4n) is 1.37. The van der Waals surface area contributed by atoms with Crippen molar-refractivity contribution in [3.8, 4) is 0 Å². The van der Waals surface area contributed by atoms with Gasteiger partial charge in [0.25, 0.3) is 0 Å². The Balaban J connectivity index is 4.26. The molecule has 15 heavy (non-hydrogen) atoms. The number of rotatable bonds is 6. The fraction of sp³-hybridized carbons (Fsp3) is 0.900. The summed E-state index contributed by atoms with van der Waals surface area (Å²) in [5, 5.41) is 8.35. The first-order valence-electron chi connectivity index (χ1n) is 5.05. The number of carboxylic acids is 1. The van der Waals surface area contributed by atoms with Crippen molar-refractivity contribution < 1.29 is 23.1 Å². The molecule has 90 valence electrons. The summed E-state index contributed by atoms with van der Waals surface area (Å²) < 4.78 is 37.4. The lowest BCUT2D eigenvalue weighted by Crippen LogP contribution is -2.25. The van der Waals surface area contributed by atoms with Gasteiger partial charge in [-0.3, -0.25) is 4.79 Å². The summed E-state index contributed by atoms with van der Waals surface area (Å²) in [6, 6.07) is 0. The molecule has 2 nitrogen and oxygen atoms in total. The Morgan fingerprint density at radius 1 is 1.40 bits per heavy atom. The number of hydrogen-bond donors (Lipinski definition) is 1. The number of halogens is 3. The zero-order valence-corrected chi connectivity index (χ0v) is 8.97. The van der Waals surface area contributed by atoms with E-state index in [9.17, 15) is 18.0 Å². The van der Waals surface area contributed by atoms with Gasteiger partial charge in [0.1, 0.15) is 0 Å². The summed E-state index contributed by atoms with van der Waals surface area (Å²) in [6.45, 7) is 3.58. The summed E-state index contributed by atoms with van der Waals surface area (Å²) in [6.07, 6.45) is -4.31. The van der Waals surface area contributed by atoms with Crippen LogP contribution in [0.5, 0.6) is 0 Å². The molecule has 0 saturated carbocycles. The highest BCUT2D eigenvalue weighted by molar-refractivity contribution is 5.66. The first kappa shape index (κ1) is 14.3. The first-order valence-corrected chi connectivity index (χ1v) is 5.05. The molecular weight excluding hydrogens is 209 g/mol.